The maximum absolute atomic E-state index is 11.8. The van der Waals surface area contributed by atoms with Crippen molar-refractivity contribution in [3.63, 3.8) is 0 Å². The first-order chi connectivity index (χ1) is 7.84. The summed E-state index contributed by atoms with van der Waals surface area (Å²) >= 11 is 0. The molecule has 2 aliphatic rings. The standard InChI is InChI=1S/C13H22N2O/c16-13(10-11-4-1-2-5-11)15-12-6-3-8-14-9-7-12/h1,4,11-12,14H,2-3,5-10H2,(H,15,16). The minimum absolute atomic E-state index is 0.239. The molecule has 0 aromatic rings. The summed E-state index contributed by atoms with van der Waals surface area (Å²) in [5, 5.41) is 6.53. The third-order valence-electron chi connectivity index (χ3n) is 3.50. The first kappa shape index (κ1) is 11.6. The molecule has 2 unspecified atom stereocenters. The summed E-state index contributed by atoms with van der Waals surface area (Å²) in [6.45, 7) is 2.13. The van der Waals surface area contributed by atoms with Crippen molar-refractivity contribution in [3.8, 4) is 0 Å². The van der Waals surface area contributed by atoms with Crippen molar-refractivity contribution in [1.82, 2.24) is 10.6 Å². The summed E-state index contributed by atoms with van der Waals surface area (Å²) < 4.78 is 0. The molecule has 1 saturated heterocycles. The van der Waals surface area contributed by atoms with Crippen LogP contribution in [0.25, 0.3) is 0 Å². The van der Waals surface area contributed by atoms with Crippen LogP contribution in [-0.2, 0) is 4.79 Å². The van der Waals surface area contributed by atoms with Crippen LogP contribution in [-0.4, -0.2) is 25.0 Å². The molecular formula is C13H22N2O. The molecule has 0 radical (unpaired) electrons. The zero-order chi connectivity index (χ0) is 11.2. The number of hydrogen-bond donors (Lipinski definition) is 2. The van der Waals surface area contributed by atoms with E-state index >= 15 is 0 Å². The first-order valence-corrected chi connectivity index (χ1v) is 6.51. The molecule has 0 spiro atoms. The molecule has 0 bridgehead atoms. The third kappa shape index (κ3) is 3.63. The number of carbonyl (C=O) groups is 1. The minimum atomic E-state index is 0.239. The van der Waals surface area contributed by atoms with Crippen LogP contribution in [0.3, 0.4) is 0 Å². The number of rotatable bonds is 3. The second-order valence-electron chi connectivity index (χ2n) is 4.92. The molecule has 0 saturated carbocycles. The molecule has 0 aromatic heterocycles. The molecule has 90 valence electrons. The van der Waals surface area contributed by atoms with Crippen LogP contribution in [0.1, 0.15) is 38.5 Å². The third-order valence-corrected chi connectivity index (χ3v) is 3.50. The van der Waals surface area contributed by atoms with Crippen LogP contribution < -0.4 is 10.6 Å². The van der Waals surface area contributed by atoms with E-state index in [2.05, 4.69) is 22.8 Å². The normalized spacial score (nSPS) is 30.0. The zero-order valence-electron chi connectivity index (χ0n) is 9.87. The maximum atomic E-state index is 11.8. The Labute approximate surface area is 97.7 Å². The Morgan fingerprint density at radius 1 is 1.31 bits per heavy atom. The van der Waals surface area contributed by atoms with Gasteiger partial charge >= 0.3 is 0 Å². The molecule has 2 rings (SSSR count). The summed E-state index contributed by atoms with van der Waals surface area (Å²) in [4.78, 5) is 11.8. The molecule has 16 heavy (non-hydrogen) atoms. The van der Waals surface area contributed by atoms with Crippen LogP contribution in [0.15, 0.2) is 12.2 Å². The lowest BCUT2D eigenvalue weighted by molar-refractivity contribution is -0.122. The summed E-state index contributed by atoms with van der Waals surface area (Å²) in [7, 11) is 0. The first-order valence-electron chi connectivity index (χ1n) is 6.51. The molecular weight excluding hydrogens is 200 g/mol. The van der Waals surface area contributed by atoms with Gasteiger partial charge in [-0.1, -0.05) is 12.2 Å². The lowest BCUT2D eigenvalue weighted by Crippen LogP contribution is -2.36. The average Bonchev–Trinajstić information content (AvgIpc) is 2.62. The molecule has 1 aliphatic carbocycles. The second kappa shape index (κ2) is 6.04. The molecule has 1 heterocycles. The molecule has 1 fully saturated rings. The SMILES string of the molecule is O=C(CC1C=CCC1)NC1CCCNCC1. The minimum Gasteiger partial charge on any atom is -0.353 e. The van der Waals surface area contributed by atoms with Gasteiger partial charge in [0.2, 0.25) is 5.91 Å². The van der Waals surface area contributed by atoms with Crippen molar-refractivity contribution < 1.29 is 4.79 Å². The van der Waals surface area contributed by atoms with Gasteiger partial charge in [0.25, 0.3) is 0 Å². The highest BCUT2D eigenvalue weighted by molar-refractivity contribution is 5.76. The van der Waals surface area contributed by atoms with E-state index in [9.17, 15) is 4.79 Å². The molecule has 3 heteroatoms. The van der Waals surface area contributed by atoms with Crippen molar-refractivity contribution in [2.24, 2.45) is 5.92 Å². The number of allylic oxidation sites excluding steroid dienone is 2. The largest absolute Gasteiger partial charge is 0.353 e. The topological polar surface area (TPSA) is 41.1 Å². The molecule has 0 aromatic carbocycles. The van der Waals surface area contributed by atoms with E-state index in [1.807, 2.05) is 0 Å². The fraction of sp³-hybridized carbons (Fsp3) is 0.769. The number of amides is 1. The fourth-order valence-electron chi connectivity index (χ4n) is 2.55. The van der Waals surface area contributed by atoms with Crippen molar-refractivity contribution in [2.45, 2.75) is 44.6 Å². The van der Waals surface area contributed by atoms with Crippen LogP contribution in [0.2, 0.25) is 0 Å². The van der Waals surface area contributed by atoms with Crippen molar-refractivity contribution in [2.75, 3.05) is 13.1 Å². The fourth-order valence-corrected chi connectivity index (χ4v) is 2.55. The predicted molar refractivity (Wildman–Crippen MR) is 65.1 cm³/mol. The monoisotopic (exact) mass is 222 g/mol. The Morgan fingerprint density at radius 3 is 3.06 bits per heavy atom. The van der Waals surface area contributed by atoms with Gasteiger partial charge in [-0.05, 0) is 51.1 Å². The Bertz CT molecular complexity index is 255. The summed E-state index contributed by atoms with van der Waals surface area (Å²) in [6.07, 6.45) is 10.7. The zero-order valence-corrected chi connectivity index (χ0v) is 9.87. The molecule has 2 atom stereocenters. The summed E-state index contributed by atoms with van der Waals surface area (Å²) in [5.41, 5.74) is 0. The van der Waals surface area contributed by atoms with E-state index in [0.29, 0.717) is 18.4 Å². The van der Waals surface area contributed by atoms with Crippen molar-refractivity contribution >= 4 is 5.91 Å². The van der Waals surface area contributed by atoms with E-state index < -0.39 is 0 Å². The van der Waals surface area contributed by atoms with Crippen molar-refractivity contribution in [1.29, 1.82) is 0 Å². The van der Waals surface area contributed by atoms with E-state index in [1.54, 1.807) is 0 Å². The second-order valence-corrected chi connectivity index (χ2v) is 4.92. The van der Waals surface area contributed by atoms with Gasteiger partial charge in [-0.3, -0.25) is 4.79 Å². The van der Waals surface area contributed by atoms with E-state index in [0.717, 1.165) is 38.8 Å². The van der Waals surface area contributed by atoms with Gasteiger partial charge in [0.05, 0.1) is 0 Å². The Balaban J connectivity index is 1.70. The Kier molecular flexibility index (Phi) is 4.40. The lowest BCUT2D eigenvalue weighted by atomic mass is 10.0. The van der Waals surface area contributed by atoms with Gasteiger partial charge in [0.15, 0.2) is 0 Å². The van der Waals surface area contributed by atoms with E-state index in [-0.39, 0.29) is 5.91 Å². The van der Waals surface area contributed by atoms with Gasteiger partial charge in [0.1, 0.15) is 0 Å². The van der Waals surface area contributed by atoms with Crippen LogP contribution >= 0.6 is 0 Å². The highest BCUT2D eigenvalue weighted by Gasteiger charge is 2.17. The smallest absolute Gasteiger partial charge is 0.220 e. The highest BCUT2D eigenvalue weighted by Crippen LogP contribution is 2.20. The van der Waals surface area contributed by atoms with Gasteiger partial charge in [-0.15, -0.1) is 0 Å². The highest BCUT2D eigenvalue weighted by atomic mass is 16.1. The summed E-state index contributed by atoms with van der Waals surface area (Å²) in [5.74, 6) is 0.729. The quantitative estimate of drug-likeness (QED) is 0.712. The molecule has 3 nitrogen and oxygen atoms in total. The lowest BCUT2D eigenvalue weighted by Gasteiger charge is -2.17. The summed E-state index contributed by atoms with van der Waals surface area (Å²) in [6, 6.07) is 0.396. The van der Waals surface area contributed by atoms with Crippen molar-refractivity contribution in [3.05, 3.63) is 12.2 Å². The predicted octanol–water partition coefficient (Wildman–Crippen LogP) is 1.60. The van der Waals surface area contributed by atoms with E-state index in [1.165, 1.54) is 6.42 Å². The van der Waals surface area contributed by atoms with Gasteiger partial charge in [-0.25, -0.2) is 0 Å². The molecule has 1 aliphatic heterocycles. The van der Waals surface area contributed by atoms with E-state index in [4.69, 9.17) is 0 Å². The van der Waals surface area contributed by atoms with Crippen LogP contribution in [0.4, 0.5) is 0 Å². The molecule has 2 N–H and O–H groups in total. The average molecular weight is 222 g/mol. The maximum Gasteiger partial charge on any atom is 0.220 e. The van der Waals surface area contributed by atoms with Gasteiger partial charge in [-0.2, -0.15) is 0 Å². The van der Waals surface area contributed by atoms with Crippen LogP contribution in [0, 0.1) is 5.92 Å². The van der Waals surface area contributed by atoms with Crippen LogP contribution in [0.5, 0.6) is 0 Å². The Hall–Kier alpha value is -0.830. The molecule has 1 amide bonds. The van der Waals surface area contributed by atoms with Gasteiger partial charge in [0, 0.05) is 12.5 Å². The Morgan fingerprint density at radius 2 is 2.25 bits per heavy atom. The number of hydrogen-bond acceptors (Lipinski definition) is 2. The van der Waals surface area contributed by atoms with Gasteiger partial charge < -0.3 is 10.6 Å². The number of carbonyl (C=O) groups excluding carboxylic acids is 1. The number of nitrogens with one attached hydrogen (secondary N) is 2.